The molecule has 0 aliphatic carbocycles. The highest BCUT2D eigenvalue weighted by Gasteiger charge is 2.15. The zero-order valence-corrected chi connectivity index (χ0v) is 18.7. The summed E-state index contributed by atoms with van der Waals surface area (Å²) in [5.74, 6) is 0.924. The van der Waals surface area contributed by atoms with Gasteiger partial charge in [-0.05, 0) is 48.9 Å². The average molecular weight is 441 g/mol. The van der Waals surface area contributed by atoms with Gasteiger partial charge >= 0.3 is 0 Å². The lowest BCUT2D eigenvalue weighted by molar-refractivity contribution is 0.0956. The van der Waals surface area contributed by atoms with Crippen molar-refractivity contribution in [3.63, 3.8) is 0 Å². The van der Waals surface area contributed by atoms with Crippen LogP contribution in [0.4, 0.5) is 0 Å². The maximum absolute atomic E-state index is 13.2. The number of carbonyl (C=O) groups excluding carboxylic acids is 1. The van der Waals surface area contributed by atoms with Gasteiger partial charge in [0.05, 0.1) is 36.7 Å². The van der Waals surface area contributed by atoms with Crippen molar-refractivity contribution in [3.05, 3.63) is 84.2 Å². The molecule has 4 rings (SSSR count). The minimum absolute atomic E-state index is 0.310. The van der Waals surface area contributed by atoms with Gasteiger partial charge in [0, 0.05) is 28.9 Å². The van der Waals surface area contributed by atoms with Gasteiger partial charge in [0.25, 0.3) is 5.91 Å². The SMILES string of the molecule is CC/C(=N\NC(=O)c1cc(-c2ccncc2)nc2ccccc12)c1ccc(OC)c(OC)c1. The van der Waals surface area contributed by atoms with Crippen LogP contribution in [0.2, 0.25) is 0 Å². The number of ether oxygens (including phenoxy) is 2. The van der Waals surface area contributed by atoms with E-state index in [9.17, 15) is 4.79 Å². The minimum Gasteiger partial charge on any atom is -0.493 e. The molecule has 2 heterocycles. The molecule has 7 heteroatoms. The monoisotopic (exact) mass is 440 g/mol. The van der Waals surface area contributed by atoms with E-state index in [1.807, 2.05) is 61.5 Å². The van der Waals surface area contributed by atoms with Gasteiger partial charge in [-0.3, -0.25) is 9.78 Å². The summed E-state index contributed by atoms with van der Waals surface area (Å²) in [6.45, 7) is 1.98. The van der Waals surface area contributed by atoms with Crippen LogP contribution >= 0.6 is 0 Å². The molecule has 0 unspecified atom stereocenters. The second-order valence-electron chi connectivity index (χ2n) is 7.23. The lowest BCUT2D eigenvalue weighted by Gasteiger charge is -2.11. The van der Waals surface area contributed by atoms with E-state index in [1.165, 1.54) is 0 Å². The molecule has 0 saturated heterocycles. The summed E-state index contributed by atoms with van der Waals surface area (Å²) in [6.07, 6.45) is 4.02. The molecule has 4 aromatic rings. The molecule has 0 aliphatic rings. The Kier molecular flexibility index (Phi) is 6.59. The van der Waals surface area contributed by atoms with Crippen LogP contribution in [0.5, 0.6) is 11.5 Å². The lowest BCUT2D eigenvalue weighted by atomic mass is 10.0. The van der Waals surface area contributed by atoms with E-state index in [2.05, 4.69) is 15.5 Å². The molecule has 1 amide bonds. The second kappa shape index (κ2) is 9.91. The third kappa shape index (κ3) is 4.67. The number of amides is 1. The number of pyridine rings is 2. The number of para-hydroxylation sites is 1. The van der Waals surface area contributed by atoms with Gasteiger partial charge in [0.15, 0.2) is 11.5 Å². The molecule has 7 nitrogen and oxygen atoms in total. The van der Waals surface area contributed by atoms with E-state index >= 15 is 0 Å². The zero-order chi connectivity index (χ0) is 23.2. The number of benzene rings is 2. The third-order valence-electron chi connectivity index (χ3n) is 5.28. The number of methoxy groups -OCH3 is 2. The molecule has 2 aromatic carbocycles. The number of hydrogen-bond acceptors (Lipinski definition) is 6. The van der Waals surface area contributed by atoms with Crippen LogP contribution in [0.1, 0.15) is 29.3 Å². The fourth-order valence-corrected chi connectivity index (χ4v) is 3.58. The van der Waals surface area contributed by atoms with Crippen LogP contribution in [0, 0.1) is 0 Å². The molecule has 0 spiro atoms. The van der Waals surface area contributed by atoms with Gasteiger partial charge in [0.2, 0.25) is 0 Å². The Hall–Kier alpha value is -4.26. The highest BCUT2D eigenvalue weighted by molar-refractivity contribution is 6.08. The van der Waals surface area contributed by atoms with Crippen molar-refractivity contribution >= 4 is 22.5 Å². The molecule has 0 fully saturated rings. The summed E-state index contributed by atoms with van der Waals surface area (Å²) in [5, 5.41) is 5.18. The summed E-state index contributed by atoms with van der Waals surface area (Å²) < 4.78 is 10.7. The van der Waals surface area contributed by atoms with Crippen molar-refractivity contribution in [2.24, 2.45) is 5.10 Å². The highest BCUT2D eigenvalue weighted by atomic mass is 16.5. The number of nitrogens with one attached hydrogen (secondary N) is 1. The molecule has 0 saturated carbocycles. The zero-order valence-electron chi connectivity index (χ0n) is 18.7. The van der Waals surface area contributed by atoms with Crippen LogP contribution in [0.15, 0.2) is 78.2 Å². The normalized spacial score (nSPS) is 11.3. The molecule has 2 aromatic heterocycles. The summed E-state index contributed by atoms with van der Waals surface area (Å²) in [6, 6.07) is 18.6. The topological polar surface area (TPSA) is 85.7 Å². The maximum atomic E-state index is 13.2. The van der Waals surface area contributed by atoms with Crippen molar-refractivity contribution in [3.8, 4) is 22.8 Å². The number of hydrogen-bond donors (Lipinski definition) is 1. The predicted octanol–water partition coefficient (Wildman–Crippen LogP) is 4.86. The maximum Gasteiger partial charge on any atom is 0.272 e. The molecule has 0 radical (unpaired) electrons. The standard InChI is InChI=1S/C26H24N4O3/c1-4-21(18-9-10-24(32-2)25(15-18)33-3)29-30-26(31)20-16-23(17-11-13-27-14-12-17)28-22-8-6-5-7-19(20)22/h5-16H,4H2,1-3H3,(H,30,31)/b29-21+. The van der Waals surface area contributed by atoms with Crippen molar-refractivity contribution in [1.29, 1.82) is 0 Å². The van der Waals surface area contributed by atoms with Gasteiger partial charge in [0.1, 0.15) is 0 Å². The Morgan fingerprint density at radius 2 is 1.73 bits per heavy atom. The lowest BCUT2D eigenvalue weighted by Crippen LogP contribution is -2.20. The summed E-state index contributed by atoms with van der Waals surface area (Å²) in [4.78, 5) is 22.0. The summed E-state index contributed by atoms with van der Waals surface area (Å²) >= 11 is 0. The van der Waals surface area contributed by atoms with E-state index < -0.39 is 0 Å². The van der Waals surface area contributed by atoms with E-state index in [0.717, 1.165) is 27.7 Å². The van der Waals surface area contributed by atoms with Crippen LogP contribution in [-0.4, -0.2) is 35.8 Å². The number of fused-ring (bicyclic) bond motifs is 1. The van der Waals surface area contributed by atoms with E-state index in [-0.39, 0.29) is 5.91 Å². The Morgan fingerprint density at radius 3 is 2.45 bits per heavy atom. The van der Waals surface area contributed by atoms with Crippen LogP contribution in [0.25, 0.3) is 22.2 Å². The van der Waals surface area contributed by atoms with E-state index in [0.29, 0.717) is 29.2 Å². The van der Waals surface area contributed by atoms with Crippen LogP contribution in [0.3, 0.4) is 0 Å². The number of carbonyl (C=O) groups is 1. The Labute approximate surface area is 192 Å². The smallest absolute Gasteiger partial charge is 0.272 e. The molecule has 33 heavy (non-hydrogen) atoms. The van der Waals surface area contributed by atoms with Crippen LogP contribution in [-0.2, 0) is 0 Å². The first-order chi connectivity index (χ1) is 16.1. The summed E-state index contributed by atoms with van der Waals surface area (Å²) in [5.41, 5.74) is 7.09. The summed E-state index contributed by atoms with van der Waals surface area (Å²) in [7, 11) is 3.17. The van der Waals surface area contributed by atoms with Crippen molar-refractivity contribution < 1.29 is 14.3 Å². The van der Waals surface area contributed by atoms with Gasteiger partial charge in [-0.25, -0.2) is 10.4 Å². The fourth-order valence-electron chi connectivity index (χ4n) is 3.58. The molecule has 166 valence electrons. The fraction of sp³-hybridized carbons (Fsp3) is 0.154. The van der Waals surface area contributed by atoms with Gasteiger partial charge in [-0.15, -0.1) is 0 Å². The van der Waals surface area contributed by atoms with Gasteiger partial charge in [-0.2, -0.15) is 5.10 Å². The number of aromatic nitrogens is 2. The first-order valence-electron chi connectivity index (χ1n) is 10.5. The van der Waals surface area contributed by atoms with Gasteiger partial charge < -0.3 is 9.47 Å². The molecule has 0 bridgehead atoms. The third-order valence-corrected chi connectivity index (χ3v) is 5.28. The number of rotatable bonds is 7. The number of hydrazone groups is 1. The first-order valence-corrected chi connectivity index (χ1v) is 10.5. The molecular weight excluding hydrogens is 416 g/mol. The van der Waals surface area contributed by atoms with Gasteiger partial charge in [-0.1, -0.05) is 25.1 Å². The number of nitrogens with zero attached hydrogens (tertiary/aromatic N) is 3. The van der Waals surface area contributed by atoms with Crippen molar-refractivity contribution in [2.75, 3.05) is 14.2 Å². The molecule has 0 aliphatic heterocycles. The Bertz CT molecular complexity index is 1320. The van der Waals surface area contributed by atoms with E-state index in [4.69, 9.17) is 14.5 Å². The molecular formula is C26H24N4O3. The molecule has 1 N–H and O–H groups in total. The van der Waals surface area contributed by atoms with Crippen molar-refractivity contribution in [2.45, 2.75) is 13.3 Å². The molecule has 0 atom stereocenters. The second-order valence-corrected chi connectivity index (χ2v) is 7.23. The predicted molar refractivity (Wildman–Crippen MR) is 129 cm³/mol. The van der Waals surface area contributed by atoms with E-state index in [1.54, 1.807) is 32.7 Å². The first kappa shape index (κ1) is 22.0. The van der Waals surface area contributed by atoms with Crippen LogP contribution < -0.4 is 14.9 Å². The largest absolute Gasteiger partial charge is 0.493 e. The Balaban J connectivity index is 1.69. The minimum atomic E-state index is -0.310. The Morgan fingerprint density at radius 1 is 0.970 bits per heavy atom. The van der Waals surface area contributed by atoms with Crippen molar-refractivity contribution in [1.82, 2.24) is 15.4 Å². The average Bonchev–Trinajstić information content (AvgIpc) is 2.88. The quantitative estimate of drug-likeness (QED) is 0.328. The highest BCUT2D eigenvalue weighted by Crippen LogP contribution is 2.28.